The van der Waals surface area contributed by atoms with Crippen LogP contribution < -0.4 is 5.32 Å². The molecular weight excluding hydrogens is 166 g/mol. The van der Waals surface area contributed by atoms with Crippen LogP contribution in [0, 0.1) is 5.92 Å². The van der Waals surface area contributed by atoms with Crippen LogP contribution in [0.1, 0.15) is 40.0 Å². The molecule has 0 heterocycles. The SMILES string of the molecule is C[C@H](NC(=O)C(C)(C)O)C1CCC1. The van der Waals surface area contributed by atoms with E-state index < -0.39 is 5.60 Å². The van der Waals surface area contributed by atoms with Crippen LogP contribution in [0.3, 0.4) is 0 Å². The summed E-state index contributed by atoms with van der Waals surface area (Å²) in [6, 6.07) is 0.202. The number of rotatable bonds is 3. The Kier molecular flexibility index (Phi) is 2.96. The minimum absolute atomic E-state index is 0.202. The van der Waals surface area contributed by atoms with Gasteiger partial charge in [-0.2, -0.15) is 0 Å². The van der Waals surface area contributed by atoms with Crippen LogP contribution in [0.15, 0.2) is 0 Å². The standard InChI is InChI=1S/C10H19NO2/c1-7(8-5-4-6-8)11-9(12)10(2,3)13/h7-8,13H,4-6H2,1-3H3,(H,11,12)/t7-/m0/s1. The second-order valence-electron chi connectivity index (χ2n) is 4.51. The third-order valence-corrected chi connectivity index (χ3v) is 2.77. The first-order valence-electron chi connectivity index (χ1n) is 4.94. The van der Waals surface area contributed by atoms with Gasteiger partial charge in [0.2, 0.25) is 0 Å². The monoisotopic (exact) mass is 185 g/mol. The summed E-state index contributed by atoms with van der Waals surface area (Å²) in [6.45, 7) is 5.03. The molecule has 0 aromatic heterocycles. The second kappa shape index (κ2) is 3.66. The summed E-state index contributed by atoms with van der Waals surface area (Å²) in [4.78, 5) is 11.4. The number of hydrogen-bond donors (Lipinski definition) is 2. The highest BCUT2D eigenvalue weighted by atomic mass is 16.3. The fraction of sp³-hybridized carbons (Fsp3) is 0.900. The minimum atomic E-state index is -1.25. The first kappa shape index (κ1) is 10.5. The highest BCUT2D eigenvalue weighted by Gasteiger charge is 2.29. The molecule has 1 amide bonds. The molecule has 13 heavy (non-hydrogen) atoms. The van der Waals surface area contributed by atoms with Gasteiger partial charge in [-0.15, -0.1) is 0 Å². The van der Waals surface area contributed by atoms with Crippen molar-refractivity contribution in [1.29, 1.82) is 0 Å². The van der Waals surface area contributed by atoms with Crippen molar-refractivity contribution in [2.24, 2.45) is 5.92 Å². The Hall–Kier alpha value is -0.570. The molecule has 3 nitrogen and oxygen atoms in total. The molecule has 0 unspecified atom stereocenters. The van der Waals surface area contributed by atoms with Gasteiger partial charge in [0.05, 0.1) is 0 Å². The Morgan fingerprint density at radius 2 is 2.08 bits per heavy atom. The van der Waals surface area contributed by atoms with E-state index in [9.17, 15) is 9.90 Å². The van der Waals surface area contributed by atoms with Crippen molar-refractivity contribution < 1.29 is 9.90 Å². The molecule has 0 spiro atoms. The lowest BCUT2D eigenvalue weighted by atomic mass is 9.80. The maximum Gasteiger partial charge on any atom is 0.251 e. The summed E-state index contributed by atoms with van der Waals surface area (Å²) in [5, 5.41) is 12.2. The van der Waals surface area contributed by atoms with Gasteiger partial charge in [-0.25, -0.2) is 0 Å². The van der Waals surface area contributed by atoms with E-state index in [-0.39, 0.29) is 11.9 Å². The molecular formula is C10H19NO2. The van der Waals surface area contributed by atoms with Crippen molar-refractivity contribution in [3.05, 3.63) is 0 Å². The zero-order valence-electron chi connectivity index (χ0n) is 8.63. The molecule has 0 radical (unpaired) electrons. The maximum absolute atomic E-state index is 11.4. The predicted octanol–water partition coefficient (Wildman–Crippen LogP) is 1.06. The third kappa shape index (κ3) is 2.69. The Morgan fingerprint density at radius 3 is 2.38 bits per heavy atom. The summed E-state index contributed by atoms with van der Waals surface area (Å²) in [5.41, 5.74) is -1.25. The molecule has 1 aliphatic rings. The number of aliphatic hydroxyl groups is 1. The van der Waals surface area contributed by atoms with Crippen molar-refractivity contribution in [2.45, 2.75) is 51.7 Å². The fourth-order valence-electron chi connectivity index (χ4n) is 1.44. The number of hydrogen-bond acceptors (Lipinski definition) is 2. The Bertz CT molecular complexity index is 192. The summed E-state index contributed by atoms with van der Waals surface area (Å²) in [6.07, 6.45) is 3.67. The second-order valence-corrected chi connectivity index (χ2v) is 4.51. The molecule has 0 aromatic rings. The number of carbonyl (C=O) groups is 1. The van der Waals surface area contributed by atoms with E-state index >= 15 is 0 Å². The van der Waals surface area contributed by atoms with E-state index in [0.717, 1.165) is 0 Å². The number of nitrogens with one attached hydrogen (secondary N) is 1. The molecule has 1 aliphatic carbocycles. The van der Waals surface area contributed by atoms with Crippen molar-refractivity contribution >= 4 is 5.91 Å². The van der Waals surface area contributed by atoms with Gasteiger partial charge in [0, 0.05) is 6.04 Å². The molecule has 1 fully saturated rings. The summed E-state index contributed by atoms with van der Waals surface area (Å²) in [7, 11) is 0. The molecule has 1 rings (SSSR count). The molecule has 0 aromatic carbocycles. The fourth-order valence-corrected chi connectivity index (χ4v) is 1.44. The molecule has 2 N–H and O–H groups in total. The summed E-state index contributed by atoms with van der Waals surface area (Å²) in [5.74, 6) is 0.346. The van der Waals surface area contributed by atoms with Gasteiger partial charge in [0.25, 0.3) is 5.91 Å². The Morgan fingerprint density at radius 1 is 1.54 bits per heavy atom. The minimum Gasteiger partial charge on any atom is -0.381 e. The quantitative estimate of drug-likeness (QED) is 0.690. The van der Waals surface area contributed by atoms with E-state index in [2.05, 4.69) is 5.32 Å². The lowest BCUT2D eigenvalue weighted by Gasteiger charge is -2.33. The molecule has 0 bridgehead atoms. The topological polar surface area (TPSA) is 49.3 Å². The zero-order chi connectivity index (χ0) is 10.1. The lowest BCUT2D eigenvalue weighted by Crippen LogP contribution is -2.49. The molecule has 1 saturated carbocycles. The highest BCUT2D eigenvalue weighted by Crippen LogP contribution is 2.29. The molecule has 0 aliphatic heterocycles. The van der Waals surface area contributed by atoms with Crippen molar-refractivity contribution in [2.75, 3.05) is 0 Å². The molecule has 0 saturated heterocycles. The summed E-state index contributed by atoms with van der Waals surface area (Å²) < 4.78 is 0. The average Bonchev–Trinajstić information content (AvgIpc) is 1.79. The van der Waals surface area contributed by atoms with Gasteiger partial charge < -0.3 is 10.4 Å². The van der Waals surface area contributed by atoms with E-state index in [0.29, 0.717) is 5.92 Å². The maximum atomic E-state index is 11.4. The Balaban J connectivity index is 2.35. The van der Waals surface area contributed by atoms with Gasteiger partial charge in [-0.05, 0) is 39.5 Å². The van der Waals surface area contributed by atoms with Gasteiger partial charge >= 0.3 is 0 Å². The molecule has 1 atom stereocenters. The highest BCUT2D eigenvalue weighted by molar-refractivity contribution is 5.84. The van der Waals surface area contributed by atoms with Crippen molar-refractivity contribution in [3.63, 3.8) is 0 Å². The van der Waals surface area contributed by atoms with Gasteiger partial charge in [-0.3, -0.25) is 4.79 Å². The van der Waals surface area contributed by atoms with Crippen molar-refractivity contribution in [3.8, 4) is 0 Å². The van der Waals surface area contributed by atoms with Crippen LogP contribution >= 0.6 is 0 Å². The predicted molar refractivity (Wildman–Crippen MR) is 51.2 cm³/mol. The van der Waals surface area contributed by atoms with E-state index in [1.54, 1.807) is 0 Å². The van der Waals surface area contributed by atoms with Gasteiger partial charge in [0.1, 0.15) is 5.60 Å². The molecule has 3 heteroatoms. The van der Waals surface area contributed by atoms with Crippen LogP contribution in [0.2, 0.25) is 0 Å². The summed E-state index contributed by atoms with van der Waals surface area (Å²) >= 11 is 0. The van der Waals surface area contributed by atoms with Crippen LogP contribution in [0.25, 0.3) is 0 Å². The van der Waals surface area contributed by atoms with Crippen LogP contribution in [-0.4, -0.2) is 22.7 Å². The lowest BCUT2D eigenvalue weighted by molar-refractivity contribution is -0.137. The normalized spacial score (nSPS) is 20.6. The smallest absolute Gasteiger partial charge is 0.251 e. The first-order chi connectivity index (χ1) is 5.91. The Labute approximate surface area is 79.5 Å². The molecule has 76 valence electrons. The van der Waals surface area contributed by atoms with Crippen LogP contribution in [0.5, 0.6) is 0 Å². The van der Waals surface area contributed by atoms with E-state index in [1.165, 1.54) is 33.1 Å². The van der Waals surface area contributed by atoms with Gasteiger partial charge in [0.15, 0.2) is 0 Å². The van der Waals surface area contributed by atoms with E-state index in [1.807, 2.05) is 6.92 Å². The van der Waals surface area contributed by atoms with Crippen LogP contribution in [0.4, 0.5) is 0 Å². The average molecular weight is 185 g/mol. The van der Waals surface area contributed by atoms with Gasteiger partial charge in [-0.1, -0.05) is 6.42 Å². The number of carbonyl (C=O) groups excluding carboxylic acids is 1. The number of amides is 1. The van der Waals surface area contributed by atoms with E-state index in [4.69, 9.17) is 0 Å². The third-order valence-electron chi connectivity index (χ3n) is 2.77. The first-order valence-corrected chi connectivity index (χ1v) is 4.94. The van der Waals surface area contributed by atoms with Crippen molar-refractivity contribution in [1.82, 2.24) is 5.32 Å². The zero-order valence-corrected chi connectivity index (χ0v) is 8.63. The largest absolute Gasteiger partial charge is 0.381 e. The van der Waals surface area contributed by atoms with Crippen LogP contribution in [-0.2, 0) is 4.79 Å².